The van der Waals surface area contributed by atoms with Gasteiger partial charge in [-0.25, -0.2) is 0 Å². The number of nitrogens with one attached hydrogen (secondary N) is 1. The molecule has 0 saturated carbocycles. The molecule has 1 rings (SSSR count). The molecule has 1 aliphatic rings. The molecular weight excluding hydrogens is 266 g/mol. The third-order valence-corrected chi connectivity index (χ3v) is 4.65. The Hall–Kier alpha value is -0.650. The molecule has 1 N–H and O–H groups in total. The number of hydrogen-bond donors (Lipinski definition) is 1. The van der Waals surface area contributed by atoms with Gasteiger partial charge in [0.05, 0.1) is 6.61 Å². The highest BCUT2D eigenvalue weighted by Gasteiger charge is 2.37. The quantitative estimate of drug-likeness (QED) is 0.750. The van der Waals surface area contributed by atoms with E-state index in [2.05, 4.69) is 36.0 Å². The zero-order valence-electron chi connectivity index (χ0n) is 14.6. The Labute approximate surface area is 130 Å². The number of rotatable bonds is 6. The van der Waals surface area contributed by atoms with E-state index in [1.807, 2.05) is 20.9 Å². The third kappa shape index (κ3) is 4.94. The second kappa shape index (κ2) is 8.11. The molecule has 5 heteroatoms. The average Bonchev–Trinajstić information content (AvgIpc) is 2.59. The number of esters is 1. The molecule has 3 unspecified atom stereocenters. The van der Waals surface area contributed by atoms with Crippen LogP contribution in [0.4, 0.5) is 0 Å². The summed E-state index contributed by atoms with van der Waals surface area (Å²) in [5.41, 5.74) is -0.618. The maximum atomic E-state index is 12.2. The van der Waals surface area contributed by atoms with Gasteiger partial charge in [-0.1, -0.05) is 0 Å². The molecule has 1 saturated heterocycles. The van der Waals surface area contributed by atoms with Gasteiger partial charge in [-0.15, -0.1) is 0 Å². The zero-order valence-corrected chi connectivity index (χ0v) is 14.6. The van der Waals surface area contributed by atoms with Crippen LogP contribution in [0.1, 0.15) is 40.5 Å². The van der Waals surface area contributed by atoms with Gasteiger partial charge in [-0.3, -0.25) is 9.69 Å². The van der Waals surface area contributed by atoms with Crippen LogP contribution in [0.5, 0.6) is 0 Å². The Morgan fingerprint density at radius 2 is 2.14 bits per heavy atom. The molecule has 0 bridgehead atoms. The second-order valence-corrected chi connectivity index (χ2v) is 6.56. The summed E-state index contributed by atoms with van der Waals surface area (Å²) in [7, 11) is 4.02. The van der Waals surface area contributed by atoms with Crippen LogP contribution in [0, 0.1) is 0 Å². The van der Waals surface area contributed by atoms with Crippen molar-refractivity contribution in [2.45, 2.75) is 58.2 Å². The van der Waals surface area contributed by atoms with E-state index in [0.29, 0.717) is 18.7 Å². The minimum absolute atomic E-state index is 0.154. The number of likely N-dealkylation sites (N-methyl/N-ethyl adjacent to an activating group) is 2. The average molecular weight is 299 g/mol. The molecular formula is C16H33N3O2. The van der Waals surface area contributed by atoms with E-state index in [-0.39, 0.29) is 5.97 Å². The van der Waals surface area contributed by atoms with Crippen molar-refractivity contribution in [3.8, 4) is 0 Å². The Morgan fingerprint density at radius 3 is 2.71 bits per heavy atom. The SMILES string of the molecule is CCOC(=O)C(C)(CC(C)N1CCCN(C)CC1C)NC. The standard InChI is InChI=1S/C16H33N3O2/c1-7-21-15(20)16(4,17-5)11-13(2)19-10-8-9-18(6)12-14(19)3/h13-14,17H,7-12H2,1-6H3. The monoisotopic (exact) mass is 299 g/mol. The highest BCUT2D eigenvalue weighted by Crippen LogP contribution is 2.21. The number of carbonyl (C=O) groups is 1. The number of carbonyl (C=O) groups excluding carboxylic acids is 1. The largest absolute Gasteiger partial charge is 0.465 e. The molecule has 0 aliphatic carbocycles. The van der Waals surface area contributed by atoms with Gasteiger partial charge >= 0.3 is 5.97 Å². The van der Waals surface area contributed by atoms with Gasteiger partial charge < -0.3 is 15.0 Å². The summed E-state index contributed by atoms with van der Waals surface area (Å²) >= 11 is 0. The predicted molar refractivity (Wildman–Crippen MR) is 86.5 cm³/mol. The van der Waals surface area contributed by atoms with Gasteiger partial charge in [0.1, 0.15) is 5.54 Å². The van der Waals surface area contributed by atoms with E-state index >= 15 is 0 Å². The Morgan fingerprint density at radius 1 is 1.48 bits per heavy atom. The fourth-order valence-corrected chi connectivity index (χ4v) is 3.33. The van der Waals surface area contributed by atoms with Gasteiger partial charge in [-0.05, 0) is 67.7 Å². The van der Waals surface area contributed by atoms with Crippen molar-refractivity contribution in [2.24, 2.45) is 0 Å². The Balaban J connectivity index is 2.72. The molecule has 21 heavy (non-hydrogen) atoms. The van der Waals surface area contributed by atoms with Crippen molar-refractivity contribution in [3.63, 3.8) is 0 Å². The topological polar surface area (TPSA) is 44.8 Å². The maximum absolute atomic E-state index is 12.2. The van der Waals surface area contributed by atoms with Crippen molar-refractivity contribution in [1.82, 2.24) is 15.1 Å². The molecule has 0 aromatic rings. The first-order valence-electron chi connectivity index (χ1n) is 8.14. The van der Waals surface area contributed by atoms with E-state index in [4.69, 9.17) is 4.74 Å². The summed E-state index contributed by atoms with van der Waals surface area (Å²) in [6, 6.07) is 0.851. The van der Waals surface area contributed by atoms with Crippen LogP contribution in [0.25, 0.3) is 0 Å². The van der Waals surface area contributed by atoms with Gasteiger partial charge in [0, 0.05) is 18.6 Å². The Kier molecular flexibility index (Phi) is 7.10. The van der Waals surface area contributed by atoms with Crippen LogP contribution in [0.2, 0.25) is 0 Å². The zero-order chi connectivity index (χ0) is 16.0. The van der Waals surface area contributed by atoms with Gasteiger partial charge in [0.25, 0.3) is 0 Å². The molecule has 124 valence electrons. The summed E-state index contributed by atoms with van der Waals surface area (Å²) in [6.07, 6.45) is 1.94. The lowest BCUT2D eigenvalue weighted by atomic mass is 9.92. The highest BCUT2D eigenvalue weighted by atomic mass is 16.5. The third-order valence-electron chi connectivity index (χ3n) is 4.65. The van der Waals surface area contributed by atoms with E-state index in [1.165, 1.54) is 6.42 Å². The summed E-state index contributed by atoms with van der Waals surface area (Å²) in [4.78, 5) is 17.1. The van der Waals surface area contributed by atoms with Crippen LogP contribution in [0.3, 0.4) is 0 Å². The molecule has 0 radical (unpaired) electrons. The lowest BCUT2D eigenvalue weighted by Gasteiger charge is -2.38. The summed E-state index contributed by atoms with van der Waals surface area (Å²) < 4.78 is 5.23. The lowest BCUT2D eigenvalue weighted by Crippen LogP contribution is -2.54. The number of nitrogens with zero attached hydrogens (tertiary/aromatic N) is 2. The molecule has 1 heterocycles. The molecule has 3 atom stereocenters. The highest BCUT2D eigenvalue weighted by molar-refractivity contribution is 5.80. The van der Waals surface area contributed by atoms with Crippen LogP contribution in [-0.2, 0) is 9.53 Å². The fourth-order valence-electron chi connectivity index (χ4n) is 3.33. The van der Waals surface area contributed by atoms with E-state index in [0.717, 1.165) is 26.1 Å². The predicted octanol–water partition coefficient (Wildman–Crippen LogP) is 1.33. The second-order valence-electron chi connectivity index (χ2n) is 6.56. The molecule has 0 aromatic carbocycles. The van der Waals surface area contributed by atoms with Gasteiger partial charge in [0.15, 0.2) is 0 Å². The van der Waals surface area contributed by atoms with Crippen molar-refractivity contribution in [1.29, 1.82) is 0 Å². The van der Waals surface area contributed by atoms with Crippen LogP contribution < -0.4 is 5.32 Å². The minimum atomic E-state index is -0.618. The first-order chi connectivity index (χ1) is 9.84. The maximum Gasteiger partial charge on any atom is 0.326 e. The van der Waals surface area contributed by atoms with Gasteiger partial charge in [0.2, 0.25) is 0 Å². The molecule has 5 nitrogen and oxygen atoms in total. The summed E-state index contributed by atoms with van der Waals surface area (Å²) in [5.74, 6) is -0.154. The van der Waals surface area contributed by atoms with Crippen molar-refractivity contribution in [3.05, 3.63) is 0 Å². The van der Waals surface area contributed by atoms with Crippen LogP contribution in [0.15, 0.2) is 0 Å². The molecule has 1 aliphatic heterocycles. The van der Waals surface area contributed by atoms with Crippen molar-refractivity contribution < 1.29 is 9.53 Å². The first kappa shape index (κ1) is 18.4. The van der Waals surface area contributed by atoms with E-state index < -0.39 is 5.54 Å². The smallest absolute Gasteiger partial charge is 0.326 e. The molecule has 0 aromatic heterocycles. The van der Waals surface area contributed by atoms with Crippen LogP contribution >= 0.6 is 0 Å². The number of hydrogen-bond acceptors (Lipinski definition) is 5. The minimum Gasteiger partial charge on any atom is -0.465 e. The normalized spacial score (nSPS) is 25.9. The summed E-state index contributed by atoms with van der Waals surface area (Å²) in [6.45, 7) is 12.0. The van der Waals surface area contributed by atoms with E-state index in [9.17, 15) is 4.79 Å². The molecule has 0 amide bonds. The molecule has 1 fully saturated rings. The fraction of sp³-hybridized carbons (Fsp3) is 0.938. The van der Waals surface area contributed by atoms with Crippen molar-refractivity contribution in [2.75, 3.05) is 40.3 Å². The number of ether oxygens (including phenoxy) is 1. The van der Waals surface area contributed by atoms with Crippen molar-refractivity contribution >= 4 is 5.97 Å². The molecule has 0 spiro atoms. The van der Waals surface area contributed by atoms with Crippen LogP contribution in [-0.4, -0.2) is 73.7 Å². The lowest BCUT2D eigenvalue weighted by molar-refractivity contribution is -0.151. The van der Waals surface area contributed by atoms with Gasteiger partial charge in [-0.2, -0.15) is 0 Å². The first-order valence-corrected chi connectivity index (χ1v) is 8.14. The van der Waals surface area contributed by atoms with E-state index in [1.54, 1.807) is 0 Å². The summed E-state index contributed by atoms with van der Waals surface area (Å²) in [5, 5.41) is 3.16. The Bertz CT molecular complexity index is 337.